The SMILES string of the molecule is Cc1ccc(S(=O)(=O)c2c[nH+]c3ccccc3c2N2CCN(c3ccc(C)cc3C)CC2)cc1. The molecule has 0 saturated carbocycles. The Kier molecular flexibility index (Phi) is 5.78. The quantitative estimate of drug-likeness (QED) is 0.431. The smallest absolute Gasteiger partial charge is 0.214 e. The van der Waals surface area contributed by atoms with Crippen LogP contribution in [0.4, 0.5) is 11.4 Å². The van der Waals surface area contributed by atoms with E-state index in [4.69, 9.17) is 0 Å². The van der Waals surface area contributed by atoms with Crippen molar-refractivity contribution in [3.05, 3.63) is 89.6 Å². The van der Waals surface area contributed by atoms with E-state index in [0.717, 1.165) is 48.3 Å². The van der Waals surface area contributed by atoms with Gasteiger partial charge in [-0.2, -0.15) is 0 Å². The Morgan fingerprint density at radius 3 is 2.12 bits per heavy atom. The van der Waals surface area contributed by atoms with Gasteiger partial charge in [-0.25, -0.2) is 13.4 Å². The van der Waals surface area contributed by atoms with E-state index in [1.54, 1.807) is 18.3 Å². The van der Waals surface area contributed by atoms with Crippen LogP contribution in [0.5, 0.6) is 0 Å². The van der Waals surface area contributed by atoms with Gasteiger partial charge >= 0.3 is 0 Å². The largest absolute Gasteiger partial charge is 0.368 e. The number of aromatic nitrogens is 1. The summed E-state index contributed by atoms with van der Waals surface area (Å²) >= 11 is 0. The van der Waals surface area contributed by atoms with Crippen molar-refractivity contribution in [2.45, 2.75) is 30.6 Å². The Balaban J connectivity index is 1.55. The normalized spacial score (nSPS) is 14.6. The second-order valence-corrected chi connectivity index (χ2v) is 11.0. The fourth-order valence-electron chi connectivity index (χ4n) is 4.87. The number of rotatable bonds is 4. The van der Waals surface area contributed by atoms with Gasteiger partial charge in [-0.15, -0.1) is 0 Å². The number of H-pyrrole nitrogens is 1. The lowest BCUT2D eigenvalue weighted by atomic mass is 10.1. The van der Waals surface area contributed by atoms with Crippen molar-refractivity contribution in [2.24, 2.45) is 0 Å². The molecule has 5 nitrogen and oxygen atoms in total. The molecule has 0 unspecified atom stereocenters. The van der Waals surface area contributed by atoms with Gasteiger partial charge < -0.3 is 9.80 Å². The van der Waals surface area contributed by atoms with Crippen LogP contribution in [-0.2, 0) is 9.84 Å². The first-order chi connectivity index (χ1) is 16.3. The van der Waals surface area contributed by atoms with Crippen LogP contribution >= 0.6 is 0 Å². The molecule has 0 bridgehead atoms. The number of hydrogen-bond acceptors (Lipinski definition) is 4. The first-order valence-corrected chi connectivity index (χ1v) is 13.2. The zero-order valence-electron chi connectivity index (χ0n) is 19.9. The maximum absolute atomic E-state index is 13.8. The van der Waals surface area contributed by atoms with Gasteiger partial charge in [0.25, 0.3) is 0 Å². The number of nitrogens with one attached hydrogen (secondary N) is 1. The number of pyridine rings is 1. The number of anilines is 2. The van der Waals surface area contributed by atoms with Crippen molar-refractivity contribution < 1.29 is 13.4 Å². The van der Waals surface area contributed by atoms with E-state index in [-0.39, 0.29) is 0 Å². The first-order valence-electron chi connectivity index (χ1n) is 11.7. The summed E-state index contributed by atoms with van der Waals surface area (Å²) in [6.07, 6.45) is 1.66. The van der Waals surface area contributed by atoms with Gasteiger partial charge in [0.1, 0.15) is 0 Å². The molecule has 174 valence electrons. The summed E-state index contributed by atoms with van der Waals surface area (Å²) < 4.78 is 27.5. The summed E-state index contributed by atoms with van der Waals surface area (Å²) in [6, 6.07) is 21.6. The number of aromatic amines is 1. The van der Waals surface area contributed by atoms with Crippen LogP contribution in [0.3, 0.4) is 0 Å². The summed E-state index contributed by atoms with van der Waals surface area (Å²) in [5.74, 6) is 0. The number of nitrogens with zero attached hydrogens (tertiary/aromatic N) is 2. The highest BCUT2D eigenvalue weighted by Crippen LogP contribution is 2.36. The molecule has 5 rings (SSSR count). The Morgan fingerprint density at radius 1 is 0.765 bits per heavy atom. The van der Waals surface area contributed by atoms with Gasteiger partial charge in [-0.05, 0) is 50.6 Å². The first kappa shape index (κ1) is 22.4. The molecule has 6 heteroatoms. The highest BCUT2D eigenvalue weighted by atomic mass is 32.2. The van der Waals surface area contributed by atoms with Crippen LogP contribution in [0.25, 0.3) is 10.9 Å². The van der Waals surface area contributed by atoms with Crippen molar-refractivity contribution in [1.82, 2.24) is 0 Å². The Bertz CT molecular complexity index is 1460. The lowest BCUT2D eigenvalue weighted by molar-refractivity contribution is -0.347. The van der Waals surface area contributed by atoms with Gasteiger partial charge in [-0.3, -0.25) is 0 Å². The Labute approximate surface area is 201 Å². The highest BCUT2D eigenvalue weighted by Gasteiger charge is 2.31. The maximum Gasteiger partial charge on any atom is 0.214 e. The van der Waals surface area contributed by atoms with Crippen molar-refractivity contribution in [3.63, 3.8) is 0 Å². The molecule has 1 saturated heterocycles. The molecule has 1 aliphatic heterocycles. The molecule has 3 aromatic carbocycles. The molecule has 34 heavy (non-hydrogen) atoms. The average Bonchev–Trinajstić information content (AvgIpc) is 2.84. The average molecular weight is 473 g/mol. The van der Waals surface area contributed by atoms with Crippen molar-refractivity contribution in [1.29, 1.82) is 0 Å². The fourth-order valence-corrected chi connectivity index (χ4v) is 6.32. The number of para-hydroxylation sites is 1. The van der Waals surface area contributed by atoms with Gasteiger partial charge in [0, 0.05) is 37.9 Å². The van der Waals surface area contributed by atoms with Gasteiger partial charge in [0.15, 0.2) is 11.1 Å². The van der Waals surface area contributed by atoms with E-state index in [0.29, 0.717) is 9.79 Å². The van der Waals surface area contributed by atoms with E-state index in [9.17, 15) is 8.42 Å². The fraction of sp³-hybridized carbons (Fsp3) is 0.250. The van der Waals surface area contributed by atoms with E-state index in [1.807, 2.05) is 43.3 Å². The molecule has 2 heterocycles. The number of aryl methyl sites for hydroxylation is 3. The van der Waals surface area contributed by atoms with E-state index in [1.165, 1.54) is 16.8 Å². The second-order valence-electron chi connectivity index (χ2n) is 9.13. The third-order valence-electron chi connectivity index (χ3n) is 6.68. The molecule has 1 fully saturated rings. The number of benzene rings is 3. The molecule has 1 aromatic heterocycles. The Morgan fingerprint density at radius 2 is 1.41 bits per heavy atom. The summed E-state index contributed by atoms with van der Waals surface area (Å²) in [6.45, 7) is 9.39. The molecule has 0 atom stereocenters. The number of hydrogen-bond donors (Lipinski definition) is 0. The second kappa shape index (κ2) is 8.76. The molecule has 0 spiro atoms. The van der Waals surface area contributed by atoms with Crippen molar-refractivity contribution in [2.75, 3.05) is 36.0 Å². The van der Waals surface area contributed by atoms with E-state index in [2.05, 4.69) is 46.8 Å². The summed E-state index contributed by atoms with van der Waals surface area (Å²) in [7, 11) is -3.69. The topological polar surface area (TPSA) is 54.8 Å². The minimum Gasteiger partial charge on any atom is -0.368 e. The van der Waals surface area contributed by atoms with Crippen molar-refractivity contribution >= 4 is 32.1 Å². The summed E-state index contributed by atoms with van der Waals surface area (Å²) in [4.78, 5) is 8.50. The molecule has 4 aromatic rings. The van der Waals surface area contributed by atoms with Crippen LogP contribution in [-0.4, -0.2) is 34.6 Å². The molecule has 0 amide bonds. The molecule has 1 N–H and O–H groups in total. The van der Waals surface area contributed by atoms with E-state index < -0.39 is 9.84 Å². The molecular formula is C28H30N3O2S+. The zero-order chi connectivity index (χ0) is 23.9. The lowest BCUT2D eigenvalue weighted by Gasteiger charge is -2.38. The summed E-state index contributed by atoms with van der Waals surface area (Å²) in [5, 5.41) is 0.927. The molecule has 0 aliphatic carbocycles. The maximum atomic E-state index is 13.8. The predicted molar refractivity (Wildman–Crippen MR) is 137 cm³/mol. The van der Waals surface area contributed by atoms with Crippen LogP contribution in [0, 0.1) is 20.8 Å². The van der Waals surface area contributed by atoms with Crippen molar-refractivity contribution in [3.8, 4) is 0 Å². The zero-order valence-corrected chi connectivity index (χ0v) is 20.7. The molecule has 0 radical (unpaired) electrons. The van der Waals surface area contributed by atoms with Crippen LogP contribution < -0.4 is 14.8 Å². The molecular weight excluding hydrogens is 442 g/mol. The number of sulfone groups is 1. The number of fused-ring (bicyclic) bond motifs is 1. The van der Waals surface area contributed by atoms with Gasteiger partial charge in [-0.1, -0.05) is 47.5 Å². The minimum atomic E-state index is -3.69. The standard InChI is InChI=1S/C28H29N3O2S/c1-20-8-11-23(12-9-20)34(32,33)27-19-29-25-7-5-4-6-24(25)28(27)31-16-14-30(15-17-31)26-13-10-21(2)18-22(26)3/h4-13,18-19H,14-17H2,1-3H3/p+1. The van der Waals surface area contributed by atoms with Gasteiger partial charge in [0.2, 0.25) is 15.4 Å². The predicted octanol–water partition coefficient (Wildman–Crippen LogP) is 4.74. The third-order valence-corrected chi connectivity index (χ3v) is 8.47. The van der Waals surface area contributed by atoms with Crippen LogP contribution in [0.2, 0.25) is 0 Å². The highest BCUT2D eigenvalue weighted by molar-refractivity contribution is 7.91. The Hall–Kier alpha value is -3.38. The van der Waals surface area contributed by atoms with Crippen LogP contribution in [0.1, 0.15) is 16.7 Å². The summed E-state index contributed by atoms with van der Waals surface area (Å²) in [5.41, 5.74) is 6.54. The lowest BCUT2D eigenvalue weighted by Crippen LogP contribution is -2.47. The number of piperazine rings is 1. The van der Waals surface area contributed by atoms with E-state index >= 15 is 0 Å². The minimum absolute atomic E-state index is 0.317. The monoisotopic (exact) mass is 472 g/mol. The van der Waals surface area contributed by atoms with Crippen LogP contribution in [0.15, 0.2) is 82.7 Å². The molecule has 1 aliphatic rings. The third kappa shape index (κ3) is 4.03. The van der Waals surface area contributed by atoms with Gasteiger partial charge in [0.05, 0.1) is 16.0 Å².